The molecule has 0 aromatic heterocycles. The number of methoxy groups -OCH3 is 1. The molecule has 2 N–H and O–H groups in total. The standard InChI is InChI=1S/C20H31N3O3.HI/c1-21-20(23-14-18-8-5-11-25-18)22-13-15-9-10-17(24-2)12-19(15)26-16-6-3-4-7-16;/h9-10,12,16,18H,3-8,11,13-14H2,1-2H3,(H2,21,22,23);1H. The maximum Gasteiger partial charge on any atom is 0.191 e. The molecule has 1 atom stereocenters. The van der Waals surface area contributed by atoms with E-state index in [4.69, 9.17) is 14.2 Å². The van der Waals surface area contributed by atoms with Crippen molar-refractivity contribution in [2.45, 2.75) is 57.3 Å². The molecule has 152 valence electrons. The van der Waals surface area contributed by atoms with Gasteiger partial charge in [0.25, 0.3) is 0 Å². The third-order valence-electron chi connectivity index (χ3n) is 5.06. The average Bonchev–Trinajstić information content (AvgIpc) is 3.36. The third-order valence-corrected chi connectivity index (χ3v) is 5.06. The number of nitrogens with zero attached hydrogens (tertiary/aromatic N) is 1. The molecule has 3 rings (SSSR count). The Labute approximate surface area is 179 Å². The second kappa shape index (κ2) is 11.6. The number of benzene rings is 1. The highest BCUT2D eigenvalue weighted by Gasteiger charge is 2.19. The number of hydrogen-bond donors (Lipinski definition) is 2. The summed E-state index contributed by atoms with van der Waals surface area (Å²) < 4.78 is 17.3. The van der Waals surface area contributed by atoms with E-state index in [0.717, 1.165) is 61.9 Å². The van der Waals surface area contributed by atoms with Crippen molar-refractivity contribution < 1.29 is 14.2 Å². The van der Waals surface area contributed by atoms with Gasteiger partial charge >= 0.3 is 0 Å². The molecule has 27 heavy (non-hydrogen) atoms. The van der Waals surface area contributed by atoms with Crippen molar-refractivity contribution >= 4 is 29.9 Å². The van der Waals surface area contributed by atoms with Crippen LogP contribution in [0.4, 0.5) is 0 Å². The maximum atomic E-state index is 6.26. The molecule has 1 heterocycles. The van der Waals surface area contributed by atoms with Gasteiger partial charge < -0.3 is 24.8 Å². The van der Waals surface area contributed by atoms with Gasteiger partial charge in [-0.1, -0.05) is 0 Å². The fourth-order valence-corrected chi connectivity index (χ4v) is 3.52. The first-order chi connectivity index (χ1) is 12.8. The Morgan fingerprint density at radius 2 is 2.00 bits per heavy atom. The molecule has 1 unspecified atom stereocenters. The van der Waals surface area contributed by atoms with Crippen LogP contribution in [0.5, 0.6) is 11.5 Å². The van der Waals surface area contributed by atoms with Crippen molar-refractivity contribution in [2.24, 2.45) is 4.99 Å². The van der Waals surface area contributed by atoms with Crippen molar-refractivity contribution in [3.05, 3.63) is 23.8 Å². The lowest BCUT2D eigenvalue weighted by molar-refractivity contribution is 0.114. The molecule has 0 radical (unpaired) electrons. The van der Waals surface area contributed by atoms with Crippen LogP contribution in [0.2, 0.25) is 0 Å². The van der Waals surface area contributed by atoms with Gasteiger partial charge in [0.15, 0.2) is 5.96 Å². The Kier molecular flexibility index (Phi) is 9.47. The molecule has 0 spiro atoms. The van der Waals surface area contributed by atoms with Gasteiger partial charge in [0, 0.05) is 38.4 Å². The zero-order valence-electron chi connectivity index (χ0n) is 16.3. The van der Waals surface area contributed by atoms with E-state index in [-0.39, 0.29) is 30.1 Å². The van der Waals surface area contributed by atoms with Crippen LogP contribution in [0.15, 0.2) is 23.2 Å². The number of aliphatic imine (C=N–C) groups is 1. The molecule has 2 aliphatic rings. The highest BCUT2D eigenvalue weighted by Crippen LogP contribution is 2.30. The lowest BCUT2D eigenvalue weighted by Gasteiger charge is -2.19. The SMILES string of the molecule is CN=C(NCc1ccc(OC)cc1OC1CCCC1)NCC1CCCO1.I. The molecule has 6 nitrogen and oxygen atoms in total. The Bertz CT molecular complexity index is 600. The fraction of sp³-hybridized carbons (Fsp3) is 0.650. The topological polar surface area (TPSA) is 64.1 Å². The molecular formula is C20H32IN3O3. The highest BCUT2D eigenvalue weighted by molar-refractivity contribution is 14.0. The van der Waals surface area contributed by atoms with Crippen LogP contribution >= 0.6 is 24.0 Å². The second-order valence-corrected chi connectivity index (χ2v) is 6.94. The molecule has 2 fully saturated rings. The van der Waals surface area contributed by atoms with E-state index in [2.05, 4.69) is 21.7 Å². The highest BCUT2D eigenvalue weighted by atomic mass is 127. The first-order valence-electron chi connectivity index (χ1n) is 9.68. The minimum absolute atomic E-state index is 0. The zero-order valence-corrected chi connectivity index (χ0v) is 18.7. The number of guanidine groups is 1. The van der Waals surface area contributed by atoms with E-state index in [1.807, 2.05) is 12.1 Å². The van der Waals surface area contributed by atoms with Crippen molar-refractivity contribution in [1.29, 1.82) is 0 Å². The number of halogens is 1. The van der Waals surface area contributed by atoms with Gasteiger partial charge in [0.2, 0.25) is 0 Å². The molecule has 0 bridgehead atoms. The summed E-state index contributed by atoms with van der Waals surface area (Å²) in [5.74, 6) is 2.50. The summed E-state index contributed by atoms with van der Waals surface area (Å²) >= 11 is 0. The minimum Gasteiger partial charge on any atom is -0.497 e. The Balaban J connectivity index is 0.00000261. The maximum absolute atomic E-state index is 6.26. The monoisotopic (exact) mass is 489 g/mol. The van der Waals surface area contributed by atoms with Crippen molar-refractivity contribution in [2.75, 3.05) is 27.3 Å². The van der Waals surface area contributed by atoms with Crippen molar-refractivity contribution in [3.8, 4) is 11.5 Å². The van der Waals surface area contributed by atoms with E-state index in [1.54, 1.807) is 14.2 Å². The quantitative estimate of drug-likeness (QED) is 0.349. The van der Waals surface area contributed by atoms with Gasteiger partial charge in [-0.15, -0.1) is 24.0 Å². The summed E-state index contributed by atoms with van der Waals surface area (Å²) in [6.07, 6.45) is 7.63. The van der Waals surface area contributed by atoms with E-state index in [0.29, 0.717) is 12.6 Å². The first-order valence-corrected chi connectivity index (χ1v) is 9.68. The molecule has 1 aliphatic carbocycles. The Morgan fingerprint density at radius 3 is 2.67 bits per heavy atom. The van der Waals surface area contributed by atoms with E-state index in [1.165, 1.54) is 12.8 Å². The van der Waals surface area contributed by atoms with Gasteiger partial charge in [0.05, 0.1) is 19.3 Å². The van der Waals surface area contributed by atoms with Gasteiger partial charge in [-0.2, -0.15) is 0 Å². The molecule has 0 amide bonds. The van der Waals surface area contributed by atoms with Gasteiger partial charge in [-0.25, -0.2) is 0 Å². The number of nitrogens with one attached hydrogen (secondary N) is 2. The van der Waals surface area contributed by atoms with Crippen LogP contribution in [0, 0.1) is 0 Å². The predicted octanol–water partition coefficient (Wildman–Crippen LogP) is 3.48. The molecule has 1 aromatic carbocycles. The normalized spacial score (nSPS) is 20.2. The van der Waals surface area contributed by atoms with Crippen LogP contribution in [0.25, 0.3) is 0 Å². The van der Waals surface area contributed by atoms with E-state index in [9.17, 15) is 0 Å². The van der Waals surface area contributed by atoms with Crippen LogP contribution in [-0.4, -0.2) is 45.5 Å². The average molecular weight is 489 g/mol. The van der Waals surface area contributed by atoms with Gasteiger partial charge in [0.1, 0.15) is 11.5 Å². The summed E-state index contributed by atoms with van der Waals surface area (Å²) in [6, 6.07) is 6.02. The Hall–Kier alpha value is -1.22. The summed E-state index contributed by atoms with van der Waals surface area (Å²) in [5, 5.41) is 6.72. The van der Waals surface area contributed by atoms with Gasteiger partial charge in [-0.3, -0.25) is 4.99 Å². The summed E-state index contributed by atoms with van der Waals surface area (Å²) in [7, 11) is 3.47. The lowest BCUT2D eigenvalue weighted by Crippen LogP contribution is -2.40. The Morgan fingerprint density at radius 1 is 1.19 bits per heavy atom. The molecule has 1 aliphatic heterocycles. The largest absolute Gasteiger partial charge is 0.497 e. The van der Waals surface area contributed by atoms with E-state index >= 15 is 0 Å². The number of ether oxygens (including phenoxy) is 3. The summed E-state index contributed by atoms with van der Waals surface area (Å²) in [5.41, 5.74) is 1.11. The van der Waals surface area contributed by atoms with Crippen molar-refractivity contribution in [3.63, 3.8) is 0 Å². The smallest absolute Gasteiger partial charge is 0.191 e. The molecule has 1 aromatic rings. The fourth-order valence-electron chi connectivity index (χ4n) is 3.52. The molecule has 1 saturated carbocycles. The van der Waals surface area contributed by atoms with Crippen LogP contribution in [0.1, 0.15) is 44.1 Å². The minimum atomic E-state index is 0. The van der Waals surface area contributed by atoms with Crippen LogP contribution < -0.4 is 20.1 Å². The summed E-state index contributed by atoms with van der Waals surface area (Å²) in [4.78, 5) is 4.30. The number of hydrogen-bond acceptors (Lipinski definition) is 4. The van der Waals surface area contributed by atoms with Gasteiger partial charge in [-0.05, 0) is 50.7 Å². The van der Waals surface area contributed by atoms with Crippen LogP contribution in [0.3, 0.4) is 0 Å². The zero-order chi connectivity index (χ0) is 18.2. The molecule has 7 heteroatoms. The van der Waals surface area contributed by atoms with Crippen molar-refractivity contribution in [1.82, 2.24) is 10.6 Å². The molecular weight excluding hydrogens is 457 g/mol. The second-order valence-electron chi connectivity index (χ2n) is 6.94. The first kappa shape index (κ1) is 22.1. The third kappa shape index (κ3) is 6.71. The van der Waals surface area contributed by atoms with Crippen LogP contribution in [-0.2, 0) is 11.3 Å². The summed E-state index contributed by atoms with van der Waals surface area (Å²) in [6.45, 7) is 2.30. The predicted molar refractivity (Wildman–Crippen MR) is 118 cm³/mol. The molecule has 1 saturated heterocycles. The lowest BCUT2D eigenvalue weighted by atomic mass is 10.2. The number of rotatable bonds is 7. The van der Waals surface area contributed by atoms with E-state index < -0.39 is 0 Å².